The zero-order chi connectivity index (χ0) is 19.5. The van der Waals surface area contributed by atoms with Crippen LogP contribution in [0.3, 0.4) is 0 Å². The number of halogens is 1. The zero-order valence-electron chi connectivity index (χ0n) is 15.5. The third-order valence-electron chi connectivity index (χ3n) is 6.88. The minimum absolute atomic E-state index is 0.257. The summed E-state index contributed by atoms with van der Waals surface area (Å²) in [5, 5.41) is 1.05. The van der Waals surface area contributed by atoms with Crippen LogP contribution in [0.2, 0.25) is 0 Å². The number of H-pyrrole nitrogens is 1. The number of benzene rings is 1. The molecule has 1 N–H and O–H groups in total. The molecule has 1 aromatic carbocycles. The summed E-state index contributed by atoms with van der Waals surface area (Å²) < 4.78 is 11.5. The van der Waals surface area contributed by atoms with Gasteiger partial charge in [-0.15, -0.1) is 11.6 Å². The number of hydrogen-bond acceptors (Lipinski definition) is 4. The van der Waals surface area contributed by atoms with Gasteiger partial charge >= 0.3 is 5.97 Å². The molecule has 0 unspecified atom stereocenters. The molecule has 0 aliphatic carbocycles. The maximum Gasteiger partial charge on any atom is 0.328 e. The van der Waals surface area contributed by atoms with Crippen LogP contribution in [0.4, 0.5) is 0 Å². The van der Waals surface area contributed by atoms with Crippen molar-refractivity contribution in [2.75, 3.05) is 7.11 Å². The standard InChI is InChI=1S/C21H19ClN2O4/c1-19-7-8-21(28-19)16-15-12(11-5-3-4-6-13(11)23-15)9-14(17(25)27-2)24(16)18(26)20(21,22)10-19/h3-8,14,16,23H,9-10H2,1-2H3/t14-,16-,19+,20+,21+/m0/s1. The van der Waals surface area contributed by atoms with Crippen LogP contribution in [-0.4, -0.2) is 51.0 Å². The Morgan fingerprint density at radius 3 is 2.89 bits per heavy atom. The summed E-state index contributed by atoms with van der Waals surface area (Å²) in [6.07, 6.45) is 4.70. The summed E-state index contributed by atoms with van der Waals surface area (Å²) >= 11 is 7.02. The molecule has 5 atom stereocenters. The number of fused-ring (bicyclic) bond motifs is 6. The van der Waals surface area contributed by atoms with Gasteiger partial charge in [-0.05, 0) is 24.6 Å². The smallest absolute Gasteiger partial charge is 0.328 e. The minimum Gasteiger partial charge on any atom is -0.467 e. The molecule has 1 aromatic heterocycles. The Morgan fingerprint density at radius 1 is 1.36 bits per heavy atom. The normalized spacial score (nSPS) is 40.0. The van der Waals surface area contributed by atoms with Crippen molar-refractivity contribution < 1.29 is 19.1 Å². The first-order valence-electron chi connectivity index (χ1n) is 9.43. The number of esters is 1. The fourth-order valence-electron chi connectivity index (χ4n) is 5.79. The number of nitrogens with one attached hydrogen (secondary N) is 1. The minimum atomic E-state index is -1.23. The Kier molecular flexibility index (Phi) is 2.85. The lowest BCUT2D eigenvalue weighted by Crippen LogP contribution is -2.51. The molecule has 7 heteroatoms. The van der Waals surface area contributed by atoms with Crippen LogP contribution >= 0.6 is 11.6 Å². The highest BCUT2D eigenvalue weighted by Gasteiger charge is 2.79. The van der Waals surface area contributed by atoms with Gasteiger partial charge in [-0.2, -0.15) is 0 Å². The number of amides is 1. The van der Waals surface area contributed by atoms with Gasteiger partial charge in [0.15, 0.2) is 4.87 Å². The molecule has 4 aliphatic heterocycles. The molecule has 1 spiro atoms. The van der Waals surface area contributed by atoms with Crippen LogP contribution in [0.5, 0.6) is 0 Å². The van der Waals surface area contributed by atoms with E-state index >= 15 is 0 Å². The Hall–Kier alpha value is -2.31. The van der Waals surface area contributed by atoms with Crippen LogP contribution in [0, 0.1) is 0 Å². The average Bonchev–Trinajstić information content (AvgIpc) is 3.34. The summed E-state index contributed by atoms with van der Waals surface area (Å²) in [6, 6.07) is 6.73. The SMILES string of the molecule is COC(=O)[C@@H]1Cc2c([nH]c3ccccc23)[C@@H]2N1C(=O)[C@]1(Cl)C[C@@]3(C)C=C[C@@]21O3. The van der Waals surface area contributed by atoms with Gasteiger partial charge in [-0.1, -0.05) is 24.3 Å². The highest BCUT2D eigenvalue weighted by Crippen LogP contribution is 2.67. The lowest BCUT2D eigenvalue weighted by molar-refractivity contribution is -0.155. The molecular weight excluding hydrogens is 380 g/mol. The van der Waals surface area contributed by atoms with Gasteiger partial charge < -0.3 is 19.4 Å². The summed E-state index contributed by atoms with van der Waals surface area (Å²) in [4.78, 5) is 30.1. The van der Waals surface area contributed by atoms with Crippen molar-refractivity contribution in [3.8, 4) is 0 Å². The van der Waals surface area contributed by atoms with Crippen molar-refractivity contribution >= 4 is 34.4 Å². The maximum absolute atomic E-state index is 13.6. The molecule has 0 saturated carbocycles. The number of ether oxygens (including phenoxy) is 2. The molecule has 0 radical (unpaired) electrons. The van der Waals surface area contributed by atoms with E-state index in [1.54, 1.807) is 4.90 Å². The van der Waals surface area contributed by atoms with E-state index in [-0.39, 0.29) is 5.91 Å². The van der Waals surface area contributed by atoms with E-state index in [0.29, 0.717) is 12.8 Å². The first-order valence-corrected chi connectivity index (χ1v) is 9.81. The summed E-state index contributed by atoms with van der Waals surface area (Å²) in [5.41, 5.74) is 1.30. The fraction of sp³-hybridized carbons (Fsp3) is 0.429. The number of para-hydroxylation sites is 1. The molecule has 4 aliphatic rings. The largest absolute Gasteiger partial charge is 0.467 e. The van der Waals surface area contributed by atoms with Gasteiger partial charge in [0.05, 0.1) is 12.7 Å². The molecule has 144 valence electrons. The van der Waals surface area contributed by atoms with Crippen LogP contribution in [-0.2, 0) is 25.5 Å². The lowest BCUT2D eigenvalue weighted by atomic mass is 9.76. The van der Waals surface area contributed by atoms with E-state index in [9.17, 15) is 9.59 Å². The number of aromatic amines is 1. The van der Waals surface area contributed by atoms with E-state index in [2.05, 4.69) is 4.98 Å². The molecule has 28 heavy (non-hydrogen) atoms. The maximum atomic E-state index is 13.6. The van der Waals surface area contributed by atoms with Crippen molar-refractivity contribution in [2.24, 2.45) is 0 Å². The molecule has 5 heterocycles. The number of methoxy groups -OCH3 is 1. The van der Waals surface area contributed by atoms with Crippen molar-refractivity contribution in [1.82, 2.24) is 9.88 Å². The average molecular weight is 399 g/mol. The Labute approximate surface area is 166 Å². The molecule has 6 rings (SSSR count). The lowest BCUT2D eigenvalue weighted by Gasteiger charge is -2.40. The van der Waals surface area contributed by atoms with Gasteiger partial charge in [0, 0.05) is 29.4 Å². The van der Waals surface area contributed by atoms with E-state index < -0.39 is 34.1 Å². The van der Waals surface area contributed by atoms with E-state index in [4.69, 9.17) is 21.1 Å². The summed E-state index contributed by atoms with van der Waals surface area (Å²) in [7, 11) is 1.35. The third-order valence-corrected chi connectivity index (χ3v) is 7.47. The molecular formula is C21H19ClN2O4. The molecule has 2 saturated heterocycles. The number of carbonyl (C=O) groups is 2. The van der Waals surface area contributed by atoms with E-state index in [0.717, 1.165) is 22.2 Å². The van der Waals surface area contributed by atoms with Gasteiger partial charge in [0.1, 0.15) is 17.7 Å². The second-order valence-corrected chi connectivity index (χ2v) is 9.09. The fourth-order valence-corrected chi connectivity index (χ4v) is 6.36. The zero-order valence-corrected chi connectivity index (χ0v) is 16.2. The van der Waals surface area contributed by atoms with Gasteiger partial charge in [-0.3, -0.25) is 4.79 Å². The first kappa shape index (κ1) is 16.6. The van der Waals surface area contributed by atoms with Crippen molar-refractivity contribution in [3.63, 3.8) is 0 Å². The summed E-state index contributed by atoms with van der Waals surface area (Å²) in [6.45, 7) is 1.95. The Bertz CT molecular complexity index is 1110. The second kappa shape index (κ2) is 4.81. The molecule has 2 bridgehead atoms. The van der Waals surface area contributed by atoms with Gasteiger partial charge in [-0.25, -0.2) is 4.79 Å². The van der Waals surface area contributed by atoms with Crippen molar-refractivity contribution in [1.29, 1.82) is 0 Å². The van der Waals surface area contributed by atoms with Crippen LogP contribution in [0.1, 0.15) is 30.6 Å². The van der Waals surface area contributed by atoms with Crippen LogP contribution < -0.4 is 0 Å². The number of carbonyl (C=O) groups excluding carboxylic acids is 2. The predicted molar refractivity (Wildman–Crippen MR) is 102 cm³/mol. The molecule has 2 aromatic rings. The van der Waals surface area contributed by atoms with Crippen molar-refractivity contribution in [2.45, 2.75) is 47.9 Å². The topological polar surface area (TPSA) is 71.6 Å². The summed E-state index contributed by atoms with van der Waals surface area (Å²) in [5.74, 6) is -0.692. The van der Waals surface area contributed by atoms with Gasteiger partial charge in [0.25, 0.3) is 0 Å². The molecule has 2 fully saturated rings. The first-order chi connectivity index (χ1) is 13.3. The number of alkyl halides is 1. The molecule has 1 amide bonds. The number of hydrogen-bond donors (Lipinski definition) is 1. The highest BCUT2D eigenvalue weighted by atomic mass is 35.5. The van der Waals surface area contributed by atoms with Gasteiger partial charge in [0.2, 0.25) is 5.91 Å². The van der Waals surface area contributed by atoms with E-state index in [1.807, 2.05) is 43.3 Å². The highest BCUT2D eigenvalue weighted by molar-refractivity contribution is 6.38. The third kappa shape index (κ3) is 1.62. The van der Waals surface area contributed by atoms with Crippen molar-refractivity contribution in [3.05, 3.63) is 47.7 Å². The molecule has 6 nitrogen and oxygen atoms in total. The van der Waals surface area contributed by atoms with E-state index in [1.165, 1.54) is 7.11 Å². The Morgan fingerprint density at radius 2 is 2.14 bits per heavy atom. The van der Waals surface area contributed by atoms with Crippen LogP contribution in [0.15, 0.2) is 36.4 Å². The number of rotatable bonds is 1. The quantitative estimate of drug-likeness (QED) is 0.455. The number of nitrogens with zero attached hydrogens (tertiary/aromatic N) is 1. The monoisotopic (exact) mass is 398 g/mol. The predicted octanol–water partition coefficient (Wildman–Crippen LogP) is 2.61. The second-order valence-electron chi connectivity index (χ2n) is 8.44. The number of aromatic nitrogens is 1. The Balaban J connectivity index is 1.65. The van der Waals surface area contributed by atoms with Crippen LogP contribution in [0.25, 0.3) is 10.9 Å².